The number of pyridine rings is 1. The van der Waals surface area contributed by atoms with Crippen LogP contribution in [0.2, 0.25) is 5.02 Å². The smallest absolute Gasteiger partial charge is 0.226 e. The van der Waals surface area contributed by atoms with Crippen LogP contribution in [-0.2, 0) is 4.79 Å². The van der Waals surface area contributed by atoms with Gasteiger partial charge < -0.3 is 20.1 Å². The van der Waals surface area contributed by atoms with E-state index in [-0.39, 0.29) is 23.9 Å². The molecule has 194 valence electrons. The summed E-state index contributed by atoms with van der Waals surface area (Å²) in [4.78, 5) is 19.1. The van der Waals surface area contributed by atoms with Gasteiger partial charge in [-0.15, -0.1) is 0 Å². The van der Waals surface area contributed by atoms with Gasteiger partial charge in [-0.2, -0.15) is 0 Å². The van der Waals surface area contributed by atoms with Gasteiger partial charge in [-0.3, -0.25) is 9.78 Å². The van der Waals surface area contributed by atoms with Crippen LogP contribution >= 0.6 is 23.8 Å². The highest BCUT2D eigenvalue weighted by molar-refractivity contribution is 7.80. The van der Waals surface area contributed by atoms with E-state index in [1.165, 1.54) is 42.6 Å². The summed E-state index contributed by atoms with van der Waals surface area (Å²) in [5.41, 5.74) is 6.20. The molecule has 6 nitrogen and oxygen atoms in total. The van der Waals surface area contributed by atoms with Crippen molar-refractivity contribution in [3.63, 3.8) is 0 Å². The Morgan fingerprint density at radius 2 is 1.92 bits per heavy atom. The SMILES string of the molecule is Cc1cc([C@@H]2[C@H](c3ccccn3)NC(=S)N2c2ccc(NC(=O)C(C)C)c(Cl)c2)c(C)n1C1CCCC1. The van der Waals surface area contributed by atoms with Crippen molar-refractivity contribution in [3.05, 3.63) is 76.3 Å². The highest BCUT2D eigenvalue weighted by atomic mass is 35.5. The number of rotatable bonds is 6. The zero-order valence-corrected chi connectivity index (χ0v) is 23.4. The van der Waals surface area contributed by atoms with Crippen LogP contribution in [0.5, 0.6) is 0 Å². The fourth-order valence-electron chi connectivity index (χ4n) is 5.81. The molecule has 2 N–H and O–H groups in total. The second-order valence-electron chi connectivity index (χ2n) is 10.4. The third-order valence-electron chi connectivity index (χ3n) is 7.64. The van der Waals surface area contributed by atoms with E-state index in [9.17, 15) is 4.79 Å². The van der Waals surface area contributed by atoms with Gasteiger partial charge in [0, 0.05) is 35.2 Å². The number of amides is 1. The van der Waals surface area contributed by atoms with Crippen LogP contribution in [-0.4, -0.2) is 20.6 Å². The Hall–Kier alpha value is -2.90. The Balaban J connectivity index is 1.58. The number of carbonyl (C=O) groups excluding carboxylic acids is 1. The molecule has 1 amide bonds. The normalized spacial score (nSPS) is 20.1. The van der Waals surface area contributed by atoms with E-state index in [1.54, 1.807) is 0 Å². The molecule has 1 saturated heterocycles. The van der Waals surface area contributed by atoms with Crippen LogP contribution in [0.1, 0.15) is 80.3 Å². The Morgan fingerprint density at radius 1 is 1.16 bits per heavy atom. The molecule has 2 aromatic heterocycles. The lowest BCUT2D eigenvalue weighted by Crippen LogP contribution is -2.29. The molecule has 1 aliphatic heterocycles. The minimum atomic E-state index is -0.135. The Kier molecular flexibility index (Phi) is 7.28. The first-order chi connectivity index (χ1) is 17.8. The number of anilines is 2. The van der Waals surface area contributed by atoms with Crippen LogP contribution in [0.25, 0.3) is 0 Å². The van der Waals surface area contributed by atoms with E-state index in [2.05, 4.69) is 45.0 Å². The fourth-order valence-corrected chi connectivity index (χ4v) is 6.38. The molecule has 3 aromatic rings. The molecule has 8 heteroatoms. The Bertz CT molecular complexity index is 1320. The highest BCUT2D eigenvalue weighted by Gasteiger charge is 2.42. The number of benzene rings is 1. The summed E-state index contributed by atoms with van der Waals surface area (Å²) in [5, 5.41) is 7.57. The first-order valence-electron chi connectivity index (χ1n) is 13.1. The molecule has 0 unspecified atom stereocenters. The van der Waals surface area contributed by atoms with Gasteiger partial charge in [0.1, 0.15) is 0 Å². The van der Waals surface area contributed by atoms with Gasteiger partial charge in [0.15, 0.2) is 5.11 Å². The second-order valence-corrected chi connectivity index (χ2v) is 11.2. The van der Waals surface area contributed by atoms with Crippen molar-refractivity contribution in [1.82, 2.24) is 14.9 Å². The Labute approximate surface area is 229 Å². The highest BCUT2D eigenvalue weighted by Crippen LogP contribution is 2.45. The topological polar surface area (TPSA) is 62.2 Å². The van der Waals surface area contributed by atoms with Crippen LogP contribution in [0.4, 0.5) is 11.4 Å². The van der Waals surface area contributed by atoms with Gasteiger partial charge in [0.05, 0.1) is 28.5 Å². The average molecular weight is 536 g/mol. The molecule has 0 bridgehead atoms. The maximum atomic E-state index is 12.3. The monoisotopic (exact) mass is 535 g/mol. The number of carbonyl (C=O) groups is 1. The minimum absolute atomic E-state index is 0.0690. The summed E-state index contributed by atoms with van der Waals surface area (Å²) in [5.74, 6) is -0.204. The number of thiocarbonyl (C=S) groups is 1. The van der Waals surface area contributed by atoms with E-state index in [0.717, 1.165) is 11.4 Å². The van der Waals surface area contributed by atoms with E-state index >= 15 is 0 Å². The number of nitrogens with one attached hydrogen (secondary N) is 2. The Morgan fingerprint density at radius 3 is 2.57 bits per heavy atom. The van der Waals surface area contributed by atoms with E-state index < -0.39 is 0 Å². The van der Waals surface area contributed by atoms with Crippen molar-refractivity contribution in [2.24, 2.45) is 5.92 Å². The maximum absolute atomic E-state index is 12.3. The van der Waals surface area contributed by atoms with Gasteiger partial charge in [0.2, 0.25) is 5.91 Å². The van der Waals surface area contributed by atoms with E-state index in [0.29, 0.717) is 21.9 Å². The molecule has 2 atom stereocenters. The average Bonchev–Trinajstić information content (AvgIpc) is 3.58. The zero-order valence-electron chi connectivity index (χ0n) is 21.8. The van der Waals surface area contributed by atoms with Crippen molar-refractivity contribution in [2.75, 3.05) is 10.2 Å². The van der Waals surface area contributed by atoms with Gasteiger partial charge in [0.25, 0.3) is 0 Å². The molecule has 37 heavy (non-hydrogen) atoms. The lowest BCUT2D eigenvalue weighted by Gasteiger charge is -2.29. The predicted octanol–water partition coefficient (Wildman–Crippen LogP) is 7.04. The van der Waals surface area contributed by atoms with E-state index in [4.69, 9.17) is 23.8 Å². The quantitative estimate of drug-likeness (QED) is 0.331. The summed E-state index contributed by atoms with van der Waals surface area (Å²) < 4.78 is 2.52. The molecule has 1 saturated carbocycles. The van der Waals surface area contributed by atoms with Crippen molar-refractivity contribution in [3.8, 4) is 0 Å². The summed E-state index contributed by atoms with van der Waals surface area (Å²) in [6, 6.07) is 14.3. The first kappa shape index (κ1) is 25.7. The van der Waals surface area contributed by atoms with Crippen molar-refractivity contribution in [2.45, 2.75) is 71.5 Å². The summed E-state index contributed by atoms with van der Waals surface area (Å²) in [6.45, 7) is 8.15. The van der Waals surface area contributed by atoms with Crippen LogP contribution < -0.4 is 15.5 Å². The third-order valence-corrected chi connectivity index (χ3v) is 8.27. The summed E-state index contributed by atoms with van der Waals surface area (Å²) in [6.07, 6.45) is 6.85. The number of aromatic nitrogens is 2. The molecule has 2 aliphatic rings. The van der Waals surface area contributed by atoms with Gasteiger partial charge >= 0.3 is 0 Å². The second kappa shape index (κ2) is 10.5. The number of halogens is 1. The molecule has 1 aliphatic carbocycles. The standard InChI is InChI=1S/C29H34ClN5OS/c1-17(2)28(36)32-24-13-12-21(16-23(24)30)35-27(26(33-29(35)37)25-11-7-8-14-31-25)22-15-18(3)34(19(22)4)20-9-5-6-10-20/h7-8,11-17,20,26-27H,5-6,9-10H2,1-4H3,(H,32,36)(H,33,37)/t26-,27+/m0/s1. The summed E-state index contributed by atoms with van der Waals surface area (Å²) >= 11 is 12.6. The third kappa shape index (κ3) is 4.87. The lowest BCUT2D eigenvalue weighted by atomic mass is 9.96. The first-order valence-corrected chi connectivity index (χ1v) is 13.8. The van der Waals surface area contributed by atoms with Crippen LogP contribution in [0, 0.1) is 19.8 Å². The van der Waals surface area contributed by atoms with Crippen molar-refractivity contribution < 1.29 is 4.79 Å². The van der Waals surface area contributed by atoms with Crippen molar-refractivity contribution >= 4 is 46.2 Å². The fraction of sp³-hybridized carbons (Fsp3) is 0.414. The molecule has 0 spiro atoms. The minimum Gasteiger partial charge on any atom is -0.351 e. The zero-order chi connectivity index (χ0) is 26.3. The molecule has 0 radical (unpaired) electrons. The molecule has 2 fully saturated rings. The molecular formula is C29H34ClN5OS. The maximum Gasteiger partial charge on any atom is 0.226 e. The molecule has 1 aromatic carbocycles. The summed E-state index contributed by atoms with van der Waals surface area (Å²) in [7, 11) is 0. The van der Waals surface area contributed by atoms with E-state index in [1.807, 2.05) is 56.4 Å². The van der Waals surface area contributed by atoms with Crippen LogP contribution in [0.15, 0.2) is 48.7 Å². The molecular weight excluding hydrogens is 502 g/mol. The largest absolute Gasteiger partial charge is 0.351 e. The molecule has 5 rings (SSSR count). The van der Waals surface area contributed by atoms with Gasteiger partial charge in [-0.05, 0) is 80.9 Å². The van der Waals surface area contributed by atoms with Crippen molar-refractivity contribution in [1.29, 1.82) is 0 Å². The van der Waals surface area contributed by atoms with Crippen LogP contribution in [0.3, 0.4) is 0 Å². The number of hydrogen-bond donors (Lipinski definition) is 2. The van der Waals surface area contributed by atoms with Gasteiger partial charge in [-0.1, -0.05) is 44.4 Å². The predicted molar refractivity (Wildman–Crippen MR) is 154 cm³/mol. The van der Waals surface area contributed by atoms with Gasteiger partial charge in [-0.25, -0.2) is 0 Å². The number of nitrogens with zero attached hydrogens (tertiary/aromatic N) is 3. The number of hydrogen-bond acceptors (Lipinski definition) is 3. The molecule has 3 heterocycles. The lowest BCUT2D eigenvalue weighted by molar-refractivity contribution is -0.118. The number of aryl methyl sites for hydroxylation is 1.